The fraction of sp³-hybridized carbons (Fsp3) is 0.250. The van der Waals surface area contributed by atoms with Gasteiger partial charge in [-0.25, -0.2) is 0 Å². The molecule has 0 aliphatic rings. The van der Waals surface area contributed by atoms with Crippen molar-refractivity contribution in [3.8, 4) is 17.2 Å². The molecule has 1 N–H and O–H groups in total. The molecule has 4 aromatic rings. The number of nitrogens with one attached hydrogen (secondary N) is 1. The minimum atomic E-state index is -0.109. The second-order valence-electron chi connectivity index (χ2n) is 8.40. The number of hydrogen-bond donors (Lipinski definition) is 1. The van der Waals surface area contributed by atoms with Gasteiger partial charge < -0.3 is 14.8 Å². The lowest BCUT2D eigenvalue weighted by molar-refractivity contribution is -0.113. The molecule has 0 fully saturated rings. The standard InChI is InChI=1S/C28H30N4O3S/c1-5-34-24-14-10-23(11-15-24)32-26(17-35-25-12-6-19(2)7-13-25)30-31-28(32)36-18-27(33)29-22-9-8-20(3)21(4)16-22/h6-16H,5,17-18H2,1-4H3,(H,29,33). The summed E-state index contributed by atoms with van der Waals surface area (Å²) in [6.07, 6.45) is 0. The molecule has 1 heterocycles. The Balaban J connectivity index is 1.51. The maximum absolute atomic E-state index is 12.7. The first-order valence-corrected chi connectivity index (χ1v) is 12.8. The van der Waals surface area contributed by atoms with Gasteiger partial charge in [-0.1, -0.05) is 35.5 Å². The molecule has 36 heavy (non-hydrogen) atoms. The maximum atomic E-state index is 12.7. The summed E-state index contributed by atoms with van der Waals surface area (Å²) in [6.45, 7) is 8.89. The third kappa shape index (κ3) is 6.46. The number of nitrogens with zero attached hydrogens (tertiary/aromatic N) is 3. The van der Waals surface area contributed by atoms with E-state index in [4.69, 9.17) is 9.47 Å². The van der Waals surface area contributed by atoms with Crippen molar-refractivity contribution in [2.75, 3.05) is 17.7 Å². The van der Waals surface area contributed by atoms with Gasteiger partial charge >= 0.3 is 0 Å². The molecule has 0 radical (unpaired) electrons. The Morgan fingerprint density at radius 3 is 2.28 bits per heavy atom. The first-order chi connectivity index (χ1) is 17.4. The summed E-state index contributed by atoms with van der Waals surface area (Å²) in [7, 11) is 0. The maximum Gasteiger partial charge on any atom is 0.234 e. The average Bonchev–Trinajstić information content (AvgIpc) is 3.28. The molecular formula is C28H30N4O3S. The minimum absolute atomic E-state index is 0.109. The number of thioether (sulfide) groups is 1. The van der Waals surface area contributed by atoms with Crippen LogP contribution in [0, 0.1) is 20.8 Å². The largest absolute Gasteiger partial charge is 0.494 e. The van der Waals surface area contributed by atoms with Crippen molar-refractivity contribution in [2.24, 2.45) is 0 Å². The van der Waals surface area contributed by atoms with Crippen LogP contribution in [0.15, 0.2) is 71.9 Å². The van der Waals surface area contributed by atoms with Crippen molar-refractivity contribution < 1.29 is 14.3 Å². The molecule has 0 unspecified atom stereocenters. The molecule has 186 valence electrons. The first-order valence-electron chi connectivity index (χ1n) is 11.8. The lowest BCUT2D eigenvalue weighted by atomic mass is 10.1. The fourth-order valence-electron chi connectivity index (χ4n) is 3.53. The van der Waals surface area contributed by atoms with E-state index in [1.807, 2.05) is 99.0 Å². The number of aryl methyl sites for hydroxylation is 3. The number of benzene rings is 3. The zero-order valence-electron chi connectivity index (χ0n) is 20.9. The number of amides is 1. The first kappa shape index (κ1) is 25.3. The number of carbonyl (C=O) groups excluding carboxylic acids is 1. The Bertz CT molecular complexity index is 1320. The summed E-state index contributed by atoms with van der Waals surface area (Å²) in [6, 6.07) is 21.5. The second kappa shape index (κ2) is 11.8. The fourth-order valence-corrected chi connectivity index (χ4v) is 4.30. The zero-order valence-corrected chi connectivity index (χ0v) is 21.8. The van der Waals surface area contributed by atoms with Gasteiger partial charge in [0.05, 0.1) is 12.4 Å². The number of carbonyl (C=O) groups is 1. The highest BCUT2D eigenvalue weighted by Crippen LogP contribution is 2.25. The topological polar surface area (TPSA) is 78.3 Å². The van der Waals surface area contributed by atoms with Crippen LogP contribution in [0.3, 0.4) is 0 Å². The zero-order chi connectivity index (χ0) is 25.5. The van der Waals surface area contributed by atoms with E-state index < -0.39 is 0 Å². The van der Waals surface area contributed by atoms with Crippen LogP contribution in [0.1, 0.15) is 29.4 Å². The van der Waals surface area contributed by atoms with Crippen molar-refractivity contribution in [3.63, 3.8) is 0 Å². The molecule has 4 rings (SSSR count). The van der Waals surface area contributed by atoms with Gasteiger partial charge in [-0.05, 0) is 87.4 Å². The highest BCUT2D eigenvalue weighted by Gasteiger charge is 2.17. The molecule has 1 aromatic heterocycles. The van der Waals surface area contributed by atoms with Crippen LogP contribution in [0.5, 0.6) is 11.5 Å². The van der Waals surface area contributed by atoms with Gasteiger partial charge in [0.1, 0.15) is 18.1 Å². The quantitative estimate of drug-likeness (QED) is 0.272. The monoisotopic (exact) mass is 502 g/mol. The van der Waals surface area contributed by atoms with Crippen LogP contribution in [0.4, 0.5) is 5.69 Å². The Kier molecular flexibility index (Phi) is 8.28. The molecule has 0 aliphatic carbocycles. The SMILES string of the molecule is CCOc1ccc(-n2c(COc3ccc(C)cc3)nnc2SCC(=O)Nc2ccc(C)c(C)c2)cc1. The second-order valence-corrected chi connectivity index (χ2v) is 9.34. The van der Waals surface area contributed by atoms with Gasteiger partial charge in [0, 0.05) is 11.4 Å². The van der Waals surface area contributed by atoms with E-state index in [9.17, 15) is 4.79 Å². The number of rotatable bonds is 10. The molecule has 0 saturated carbocycles. The van der Waals surface area contributed by atoms with E-state index in [0.717, 1.165) is 34.0 Å². The van der Waals surface area contributed by atoms with E-state index in [1.165, 1.54) is 17.3 Å². The summed E-state index contributed by atoms with van der Waals surface area (Å²) in [4.78, 5) is 12.7. The van der Waals surface area contributed by atoms with Gasteiger partial charge in [-0.3, -0.25) is 9.36 Å². The van der Waals surface area contributed by atoms with Crippen molar-refractivity contribution in [1.82, 2.24) is 14.8 Å². The highest BCUT2D eigenvalue weighted by atomic mass is 32.2. The third-order valence-corrected chi connectivity index (χ3v) is 6.55. The number of hydrogen-bond acceptors (Lipinski definition) is 6. The predicted molar refractivity (Wildman–Crippen MR) is 143 cm³/mol. The van der Waals surface area contributed by atoms with Crippen molar-refractivity contribution in [2.45, 2.75) is 39.5 Å². The van der Waals surface area contributed by atoms with Gasteiger partial charge in [-0.15, -0.1) is 10.2 Å². The van der Waals surface area contributed by atoms with E-state index >= 15 is 0 Å². The number of aromatic nitrogens is 3. The van der Waals surface area contributed by atoms with E-state index in [1.54, 1.807) is 0 Å². The molecule has 0 bridgehead atoms. The number of anilines is 1. The van der Waals surface area contributed by atoms with Crippen LogP contribution >= 0.6 is 11.8 Å². The van der Waals surface area contributed by atoms with Gasteiger partial charge in [-0.2, -0.15) is 0 Å². The van der Waals surface area contributed by atoms with Gasteiger partial charge in [0.2, 0.25) is 5.91 Å². The Hall–Kier alpha value is -3.78. The third-order valence-electron chi connectivity index (χ3n) is 5.62. The molecule has 0 atom stereocenters. The highest BCUT2D eigenvalue weighted by molar-refractivity contribution is 7.99. The predicted octanol–water partition coefficient (Wildman–Crippen LogP) is 5.90. The van der Waals surface area contributed by atoms with Crippen molar-refractivity contribution in [1.29, 1.82) is 0 Å². The van der Waals surface area contributed by atoms with E-state index in [2.05, 4.69) is 15.5 Å². The summed E-state index contributed by atoms with van der Waals surface area (Å²) in [5.41, 5.74) is 5.13. The molecule has 3 aromatic carbocycles. The lowest BCUT2D eigenvalue weighted by Gasteiger charge is -2.12. The summed E-state index contributed by atoms with van der Waals surface area (Å²) in [5, 5.41) is 12.3. The molecule has 8 heteroatoms. The van der Waals surface area contributed by atoms with Crippen LogP contribution < -0.4 is 14.8 Å². The van der Waals surface area contributed by atoms with Crippen LogP contribution in [0.2, 0.25) is 0 Å². The molecule has 0 saturated heterocycles. The van der Waals surface area contributed by atoms with Crippen LogP contribution in [-0.4, -0.2) is 33.0 Å². The normalized spacial score (nSPS) is 10.8. The van der Waals surface area contributed by atoms with Crippen LogP contribution in [-0.2, 0) is 11.4 Å². The average molecular weight is 503 g/mol. The van der Waals surface area contributed by atoms with E-state index in [0.29, 0.717) is 17.6 Å². The molecule has 1 amide bonds. The van der Waals surface area contributed by atoms with E-state index in [-0.39, 0.29) is 18.3 Å². The smallest absolute Gasteiger partial charge is 0.234 e. The lowest BCUT2D eigenvalue weighted by Crippen LogP contribution is -2.15. The Morgan fingerprint density at radius 2 is 1.58 bits per heavy atom. The Labute approximate surface area is 215 Å². The van der Waals surface area contributed by atoms with Gasteiger partial charge in [0.25, 0.3) is 0 Å². The van der Waals surface area contributed by atoms with Gasteiger partial charge in [0.15, 0.2) is 11.0 Å². The van der Waals surface area contributed by atoms with Crippen molar-refractivity contribution >= 4 is 23.4 Å². The summed E-state index contributed by atoms with van der Waals surface area (Å²) >= 11 is 1.33. The summed E-state index contributed by atoms with van der Waals surface area (Å²) < 4.78 is 13.5. The Morgan fingerprint density at radius 1 is 0.889 bits per heavy atom. The minimum Gasteiger partial charge on any atom is -0.494 e. The van der Waals surface area contributed by atoms with Crippen LogP contribution in [0.25, 0.3) is 5.69 Å². The molecule has 7 nitrogen and oxygen atoms in total. The van der Waals surface area contributed by atoms with Crippen molar-refractivity contribution in [3.05, 3.63) is 89.2 Å². The molecular weight excluding hydrogens is 472 g/mol. The number of ether oxygens (including phenoxy) is 2. The molecule has 0 spiro atoms. The molecule has 0 aliphatic heterocycles. The summed E-state index contributed by atoms with van der Waals surface area (Å²) in [5.74, 6) is 2.26.